The van der Waals surface area contributed by atoms with Crippen LogP contribution in [0.5, 0.6) is 0 Å². The van der Waals surface area contributed by atoms with Crippen LogP contribution in [0.4, 0.5) is 0 Å². The molecular formula is C6H10O5. The van der Waals surface area contributed by atoms with Crippen LogP contribution in [0.3, 0.4) is 0 Å². The molecule has 64 valence electrons. The summed E-state index contributed by atoms with van der Waals surface area (Å²) in [4.78, 5) is 0. The lowest BCUT2D eigenvalue weighted by molar-refractivity contribution is -0.241. The van der Waals surface area contributed by atoms with Crippen molar-refractivity contribution in [2.24, 2.45) is 0 Å². The normalized spacial score (nSPS) is 37.5. The van der Waals surface area contributed by atoms with Crippen molar-refractivity contribution < 1.29 is 25.2 Å². The zero-order valence-corrected chi connectivity index (χ0v) is 5.77. The monoisotopic (exact) mass is 162 g/mol. The quantitative estimate of drug-likeness (QED) is 0.350. The topological polar surface area (TPSA) is 90.2 Å². The summed E-state index contributed by atoms with van der Waals surface area (Å²) in [6, 6.07) is 0. The first-order valence-corrected chi connectivity index (χ1v) is 3.13. The molecule has 4 N–H and O–H groups in total. The molecule has 1 aliphatic heterocycles. The van der Waals surface area contributed by atoms with Crippen molar-refractivity contribution in [3.05, 3.63) is 11.6 Å². The second kappa shape index (κ2) is 2.88. The highest BCUT2D eigenvalue weighted by Crippen LogP contribution is 2.26. The van der Waals surface area contributed by atoms with Gasteiger partial charge in [-0.15, -0.1) is 0 Å². The van der Waals surface area contributed by atoms with Crippen LogP contribution in [0.2, 0.25) is 0 Å². The third-order valence-electron chi connectivity index (χ3n) is 1.55. The van der Waals surface area contributed by atoms with Gasteiger partial charge in [0.2, 0.25) is 5.79 Å². The van der Waals surface area contributed by atoms with Gasteiger partial charge in [-0.1, -0.05) is 0 Å². The number of rotatable bonds is 2. The van der Waals surface area contributed by atoms with E-state index in [4.69, 9.17) is 15.3 Å². The van der Waals surface area contributed by atoms with Crippen molar-refractivity contribution >= 4 is 0 Å². The summed E-state index contributed by atoms with van der Waals surface area (Å²) < 4.78 is 4.51. The van der Waals surface area contributed by atoms with E-state index in [1.807, 2.05) is 0 Å². The first kappa shape index (κ1) is 8.63. The highest BCUT2D eigenvalue weighted by Gasteiger charge is 2.39. The summed E-state index contributed by atoms with van der Waals surface area (Å²) in [5.74, 6) is -1.91. The van der Waals surface area contributed by atoms with Crippen molar-refractivity contribution in [1.82, 2.24) is 0 Å². The molecule has 1 aliphatic rings. The van der Waals surface area contributed by atoms with E-state index in [2.05, 4.69) is 4.74 Å². The van der Waals surface area contributed by atoms with Gasteiger partial charge in [0, 0.05) is 5.57 Å². The molecule has 0 saturated heterocycles. The Hall–Kier alpha value is -0.460. The highest BCUT2D eigenvalue weighted by atomic mass is 16.7. The fourth-order valence-corrected chi connectivity index (χ4v) is 0.927. The number of aliphatic hydroxyl groups excluding tert-OH is 3. The molecule has 11 heavy (non-hydrogen) atoms. The van der Waals surface area contributed by atoms with Gasteiger partial charge in [-0.25, -0.2) is 0 Å². The minimum Gasteiger partial charge on any atom is -0.392 e. The lowest BCUT2D eigenvalue weighted by Gasteiger charge is -2.22. The Morgan fingerprint density at radius 2 is 2.18 bits per heavy atom. The summed E-state index contributed by atoms with van der Waals surface area (Å²) in [5.41, 5.74) is 0.0764. The van der Waals surface area contributed by atoms with Gasteiger partial charge in [0.15, 0.2) is 6.29 Å². The molecule has 0 aromatic rings. The SMILES string of the molecule is OCC1=CC(O)OC1(O)CO. The Morgan fingerprint density at radius 3 is 2.55 bits per heavy atom. The summed E-state index contributed by atoms with van der Waals surface area (Å²) in [6.07, 6.45) is -0.106. The maximum atomic E-state index is 9.27. The average Bonchev–Trinajstić information content (AvgIpc) is 2.27. The largest absolute Gasteiger partial charge is 0.392 e. The first-order valence-electron chi connectivity index (χ1n) is 3.13. The Labute approximate surface area is 63.2 Å². The fraction of sp³-hybridized carbons (Fsp3) is 0.667. The molecule has 0 spiro atoms. The molecule has 0 aromatic heterocycles. The van der Waals surface area contributed by atoms with Crippen LogP contribution >= 0.6 is 0 Å². The predicted molar refractivity (Wildman–Crippen MR) is 34.3 cm³/mol. The molecule has 0 fully saturated rings. The van der Waals surface area contributed by atoms with Crippen molar-refractivity contribution in [3.8, 4) is 0 Å². The standard InChI is InChI=1S/C6H10O5/c7-2-4-1-5(9)11-6(4,10)3-8/h1,5,7-10H,2-3H2. The first-order chi connectivity index (χ1) is 5.12. The van der Waals surface area contributed by atoms with E-state index in [9.17, 15) is 5.11 Å². The molecule has 0 amide bonds. The van der Waals surface area contributed by atoms with E-state index in [0.29, 0.717) is 0 Å². The predicted octanol–water partition coefficient (Wildman–Crippen LogP) is -2.07. The molecule has 0 radical (unpaired) electrons. The molecule has 1 heterocycles. The lowest BCUT2D eigenvalue weighted by Crippen LogP contribution is -2.37. The third-order valence-corrected chi connectivity index (χ3v) is 1.55. The van der Waals surface area contributed by atoms with E-state index in [1.165, 1.54) is 0 Å². The average molecular weight is 162 g/mol. The second-order valence-electron chi connectivity index (χ2n) is 2.30. The molecule has 0 aliphatic carbocycles. The van der Waals surface area contributed by atoms with E-state index < -0.39 is 25.3 Å². The highest BCUT2D eigenvalue weighted by molar-refractivity contribution is 5.18. The minimum absolute atomic E-state index is 0.0764. The molecule has 2 unspecified atom stereocenters. The van der Waals surface area contributed by atoms with Gasteiger partial charge in [-0.2, -0.15) is 0 Å². The minimum atomic E-state index is -1.91. The molecular weight excluding hydrogens is 152 g/mol. The summed E-state index contributed by atoms with van der Waals surface area (Å²) in [7, 11) is 0. The van der Waals surface area contributed by atoms with Crippen LogP contribution < -0.4 is 0 Å². The number of aliphatic hydroxyl groups is 4. The molecule has 0 saturated carbocycles. The third kappa shape index (κ3) is 1.42. The van der Waals surface area contributed by atoms with Gasteiger partial charge in [0.25, 0.3) is 0 Å². The number of ether oxygens (including phenoxy) is 1. The Balaban J connectivity index is 2.78. The molecule has 0 aromatic carbocycles. The summed E-state index contributed by atoms with van der Waals surface area (Å²) in [6.45, 7) is -1.13. The lowest BCUT2D eigenvalue weighted by atomic mass is 10.1. The molecule has 2 atom stereocenters. The van der Waals surface area contributed by atoms with Gasteiger partial charge in [0.05, 0.1) is 6.61 Å². The van der Waals surface area contributed by atoms with E-state index in [-0.39, 0.29) is 5.57 Å². The Bertz CT molecular complexity index is 178. The maximum absolute atomic E-state index is 9.27. The van der Waals surface area contributed by atoms with Crippen LogP contribution in [0.15, 0.2) is 11.6 Å². The Morgan fingerprint density at radius 1 is 1.55 bits per heavy atom. The van der Waals surface area contributed by atoms with E-state index in [1.54, 1.807) is 0 Å². The van der Waals surface area contributed by atoms with Crippen molar-refractivity contribution in [2.45, 2.75) is 12.1 Å². The van der Waals surface area contributed by atoms with Gasteiger partial charge in [-0.3, -0.25) is 0 Å². The zero-order valence-electron chi connectivity index (χ0n) is 5.77. The number of hydrogen-bond donors (Lipinski definition) is 4. The smallest absolute Gasteiger partial charge is 0.217 e. The van der Waals surface area contributed by atoms with Gasteiger partial charge in [-0.05, 0) is 6.08 Å². The fourth-order valence-electron chi connectivity index (χ4n) is 0.927. The van der Waals surface area contributed by atoms with E-state index >= 15 is 0 Å². The Kier molecular flexibility index (Phi) is 2.26. The summed E-state index contributed by atoms with van der Waals surface area (Å²) in [5, 5.41) is 35.3. The van der Waals surface area contributed by atoms with Crippen LogP contribution in [0.1, 0.15) is 0 Å². The van der Waals surface area contributed by atoms with Crippen molar-refractivity contribution in [1.29, 1.82) is 0 Å². The second-order valence-corrected chi connectivity index (χ2v) is 2.30. The molecule has 0 bridgehead atoms. The van der Waals surface area contributed by atoms with Crippen LogP contribution in [-0.2, 0) is 4.74 Å². The van der Waals surface area contributed by atoms with Gasteiger partial charge >= 0.3 is 0 Å². The summed E-state index contributed by atoms with van der Waals surface area (Å²) >= 11 is 0. The molecule has 1 rings (SSSR count). The van der Waals surface area contributed by atoms with Gasteiger partial charge < -0.3 is 25.2 Å². The molecule has 5 heteroatoms. The molecule has 5 nitrogen and oxygen atoms in total. The zero-order chi connectivity index (χ0) is 8.48. The van der Waals surface area contributed by atoms with Crippen molar-refractivity contribution in [2.75, 3.05) is 13.2 Å². The van der Waals surface area contributed by atoms with Crippen LogP contribution in [-0.4, -0.2) is 45.7 Å². The van der Waals surface area contributed by atoms with Crippen LogP contribution in [0.25, 0.3) is 0 Å². The maximum Gasteiger partial charge on any atom is 0.217 e. The van der Waals surface area contributed by atoms with Crippen LogP contribution in [0, 0.1) is 0 Å². The number of hydrogen-bond acceptors (Lipinski definition) is 5. The van der Waals surface area contributed by atoms with Gasteiger partial charge in [0.1, 0.15) is 6.61 Å². The van der Waals surface area contributed by atoms with Crippen molar-refractivity contribution in [3.63, 3.8) is 0 Å². The van der Waals surface area contributed by atoms with E-state index in [0.717, 1.165) is 6.08 Å².